The number of anilines is 1. The molecule has 0 saturated heterocycles. The van der Waals surface area contributed by atoms with Crippen LogP contribution in [0.4, 0.5) is 10.1 Å². The molecule has 1 aromatic heterocycles. The minimum absolute atomic E-state index is 0.390. The number of hydrogen-bond donors (Lipinski definition) is 3. The quantitative estimate of drug-likeness (QED) is 0.394. The summed E-state index contributed by atoms with van der Waals surface area (Å²) in [6.07, 6.45) is 0. The second-order valence-corrected chi connectivity index (χ2v) is 5.14. The van der Waals surface area contributed by atoms with Crippen molar-refractivity contribution in [3.05, 3.63) is 64.6 Å². The third kappa shape index (κ3) is 2.58. The maximum atomic E-state index is 13.4. The van der Waals surface area contributed by atoms with Crippen LogP contribution in [0.3, 0.4) is 0 Å². The number of hydrogen-bond acceptors (Lipinski definition) is 4. The number of furan rings is 1. The van der Waals surface area contributed by atoms with Crippen LogP contribution in [-0.2, 0) is 0 Å². The van der Waals surface area contributed by atoms with Gasteiger partial charge in [0, 0.05) is 21.7 Å². The van der Waals surface area contributed by atoms with Crippen molar-refractivity contribution in [2.45, 2.75) is 6.04 Å². The van der Waals surface area contributed by atoms with Crippen molar-refractivity contribution in [2.75, 3.05) is 5.73 Å². The fourth-order valence-electron chi connectivity index (χ4n) is 2.30. The number of rotatable bonds is 3. The van der Waals surface area contributed by atoms with E-state index in [4.69, 9.17) is 27.6 Å². The summed E-state index contributed by atoms with van der Waals surface area (Å²) in [5, 5.41) is 1.45. The molecule has 0 radical (unpaired) electrons. The summed E-state index contributed by atoms with van der Waals surface area (Å²) in [5.74, 6) is 5.74. The Morgan fingerprint density at radius 2 is 1.95 bits per heavy atom. The highest BCUT2D eigenvalue weighted by Crippen LogP contribution is 2.32. The van der Waals surface area contributed by atoms with Gasteiger partial charge >= 0.3 is 0 Å². The van der Waals surface area contributed by atoms with Crippen molar-refractivity contribution < 1.29 is 8.81 Å². The largest absolute Gasteiger partial charge is 0.459 e. The summed E-state index contributed by atoms with van der Waals surface area (Å²) in [4.78, 5) is 0. The molecule has 1 atom stereocenters. The van der Waals surface area contributed by atoms with Gasteiger partial charge < -0.3 is 10.2 Å². The Hall–Kier alpha value is -2.08. The Morgan fingerprint density at radius 3 is 2.71 bits per heavy atom. The van der Waals surface area contributed by atoms with Crippen molar-refractivity contribution in [3.8, 4) is 0 Å². The first kappa shape index (κ1) is 13.9. The second-order valence-electron chi connectivity index (χ2n) is 4.70. The number of halogens is 2. The molecule has 3 aromatic rings. The third-order valence-corrected chi connectivity index (χ3v) is 3.54. The predicted molar refractivity (Wildman–Crippen MR) is 81.2 cm³/mol. The molecule has 0 fully saturated rings. The molecule has 21 heavy (non-hydrogen) atoms. The zero-order valence-corrected chi connectivity index (χ0v) is 11.7. The lowest BCUT2D eigenvalue weighted by Crippen LogP contribution is -2.29. The fourth-order valence-corrected chi connectivity index (χ4v) is 2.48. The van der Waals surface area contributed by atoms with Gasteiger partial charge in [-0.15, -0.1) is 0 Å². The number of benzene rings is 2. The minimum Gasteiger partial charge on any atom is -0.459 e. The molecule has 5 N–H and O–H groups in total. The number of fused-ring (bicyclic) bond motifs is 1. The van der Waals surface area contributed by atoms with Crippen LogP contribution in [0.2, 0.25) is 5.02 Å². The predicted octanol–water partition coefficient (Wildman–Crippen LogP) is 3.36. The van der Waals surface area contributed by atoms with Gasteiger partial charge in [0.2, 0.25) is 0 Å². The molecular formula is C15H13ClFN3O. The molecule has 1 heterocycles. The van der Waals surface area contributed by atoms with Crippen LogP contribution in [0.5, 0.6) is 0 Å². The first-order valence-electron chi connectivity index (χ1n) is 6.28. The molecule has 0 aliphatic carbocycles. The maximum absolute atomic E-state index is 13.4. The number of nitrogen functional groups attached to an aromatic ring is 1. The number of hydrazine groups is 1. The molecule has 1 unspecified atom stereocenters. The summed E-state index contributed by atoms with van der Waals surface area (Å²) in [7, 11) is 0. The first-order valence-corrected chi connectivity index (χ1v) is 6.66. The van der Waals surface area contributed by atoms with E-state index >= 15 is 0 Å². The van der Waals surface area contributed by atoms with E-state index in [1.807, 2.05) is 0 Å². The lowest BCUT2D eigenvalue weighted by atomic mass is 10.0. The molecule has 2 aromatic carbocycles. The van der Waals surface area contributed by atoms with E-state index < -0.39 is 11.9 Å². The van der Waals surface area contributed by atoms with Gasteiger partial charge in [0.15, 0.2) is 0 Å². The summed E-state index contributed by atoms with van der Waals surface area (Å²) >= 11 is 5.95. The Morgan fingerprint density at radius 1 is 1.14 bits per heavy atom. The van der Waals surface area contributed by atoms with Crippen LogP contribution >= 0.6 is 11.6 Å². The molecule has 3 rings (SSSR count). The topological polar surface area (TPSA) is 77.2 Å². The zero-order chi connectivity index (χ0) is 15.0. The molecule has 108 valence electrons. The molecule has 0 amide bonds. The molecule has 0 bridgehead atoms. The fraction of sp³-hybridized carbons (Fsp3) is 0.0667. The summed E-state index contributed by atoms with van der Waals surface area (Å²) in [5.41, 5.74) is 10.1. The molecule has 0 aliphatic rings. The van der Waals surface area contributed by atoms with E-state index in [-0.39, 0.29) is 0 Å². The van der Waals surface area contributed by atoms with Gasteiger partial charge in [0.1, 0.15) is 23.2 Å². The highest BCUT2D eigenvalue weighted by atomic mass is 35.5. The first-order chi connectivity index (χ1) is 10.1. The molecule has 0 aliphatic heterocycles. The average Bonchev–Trinajstić information content (AvgIpc) is 2.86. The highest BCUT2D eigenvalue weighted by molar-refractivity contribution is 6.31. The summed E-state index contributed by atoms with van der Waals surface area (Å²) in [6, 6.07) is 10.7. The van der Waals surface area contributed by atoms with Gasteiger partial charge in [-0.1, -0.05) is 11.6 Å². The molecule has 6 heteroatoms. The number of nitrogens with two attached hydrogens (primary N) is 2. The van der Waals surface area contributed by atoms with Crippen molar-refractivity contribution in [1.29, 1.82) is 0 Å². The Kier molecular flexibility index (Phi) is 3.55. The van der Waals surface area contributed by atoms with Crippen LogP contribution < -0.4 is 17.0 Å². The summed E-state index contributed by atoms with van der Waals surface area (Å²) in [6.45, 7) is 0. The third-order valence-electron chi connectivity index (χ3n) is 3.31. The SMILES string of the molecule is NNC(c1cc2cc(Cl)ccc2o1)c1cc(F)ccc1N. The standard InChI is InChI=1S/C15H13ClFN3O/c16-9-1-4-13-8(5-9)6-14(21-13)15(20-19)11-7-10(17)2-3-12(11)18/h1-7,15,20H,18-19H2. The van der Waals surface area contributed by atoms with Gasteiger partial charge in [0.05, 0.1) is 0 Å². The van der Waals surface area contributed by atoms with E-state index in [9.17, 15) is 4.39 Å². The van der Waals surface area contributed by atoms with Crippen molar-refractivity contribution in [1.82, 2.24) is 5.43 Å². The van der Waals surface area contributed by atoms with E-state index in [2.05, 4.69) is 5.43 Å². The lowest BCUT2D eigenvalue weighted by molar-refractivity contribution is 0.476. The lowest BCUT2D eigenvalue weighted by Gasteiger charge is -2.16. The Bertz CT molecular complexity index is 803. The van der Waals surface area contributed by atoms with Gasteiger partial charge in [-0.05, 0) is 42.5 Å². The second kappa shape index (κ2) is 5.37. The van der Waals surface area contributed by atoms with E-state index in [0.29, 0.717) is 27.6 Å². The molecule has 0 spiro atoms. The van der Waals surface area contributed by atoms with E-state index in [1.165, 1.54) is 18.2 Å². The normalized spacial score (nSPS) is 12.7. The Balaban J connectivity index is 2.11. The van der Waals surface area contributed by atoms with E-state index in [1.54, 1.807) is 24.3 Å². The Labute approximate surface area is 125 Å². The average molecular weight is 306 g/mol. The monoisotopic (exact) mass is 305 g/mol. The van der Waals surface area contributed by atoms with Crippen molar-refractivity contribution >= 4 is 28.3 Å². The molecular weight excluding hydrogens is 293 g/mol. The molecule has 0 saturated carbocycles. The van der Waals surface area contributed by atoms with E-state index in [0.717, 1.165) is 5.39 Å². The van der Waals surface area contributed by atoms with Crippen LogP contribution in [-0.4, -0.2) is 0 Å². The van der Waals surface area contributed by atoms with Crippen LogP contribution in [0, 0.1) is 5.82 Å². The van der Waals surface area contributed by atoms with Crippen molar-refractivity contribution in [2.24, 2.45) is 5.84 Å². The van der Waals surface area contributed by atoms with Crippen molar-refractivity contribution in [3.63, 3.8) is 0 Å². The number of nitrogens with one attached hydrogen (secondary N) is 1. The maximum Gasteiger partial charge on any atom is 0.134 e. The van der Waals surface area contributed by atoms with Crippen LogP contribution in [0.25, 0.3) is 11.0 Å². The van der Waals surface area contributed by atoms with Crippen LogP contribution in [0.15, 0.2) is 46.9 Å². The molecule has 4 nitrogen and oxygen atoms in total. The summed E-state index contributed by atoms with van der Waals surface area (Å²) < 4.78 is 19.2. The zero-order valence-electron chi connectivity index (χ0n) is 10.9. The smallest absolute Gasteiger partial charge is 0.134 e. The van der Waals surface area contributed by atoms with Crippen LogP contribution in [0.1, 0.15) is 17.4 Å². The van der Waals surface area contributed by atoms with Gasteiger partial charge in [0.25, 0.3) is 0 Å². The van der Waals surface area contributed by atoms with Gasteiger partial charge in [-0.2, -0.15) is 0 Å². The minimum atomic E-state index is -0.549. The van der Waals surface area contributed by atoms with Gasteiger partial charge in [-0.3, -0.25) is 5.84 Å². The highest BCUT2D eigenvalue weighted by Gasteiger charge is 2.20. The van der Waals surface area contributed by atoms with Gasteiger partial charge in [-0.25, -0.2) is 9.82 Å².